The standard InChI is InChI=1S/C13H23N3O2/c17-13(11-9-14-10-11)16-5-3-15(4-6-16)12-1-7-18-8-2-12/h11-12,14H,1-10H2. The van der Waals surface area contributed by atoms with E-state index in [1.54, 1.807) is 0 Å². The predicted octanol–water partition coefficient (Wildman–Crippen LogP) is -0.471. The number of carbonyl (C=O) groups is 1. The van der Waals surface area contributed by atoms with E-state index >= 15 is 0 Å². The fraction of sp³-hybridized carbons (Fsp3) is 0.923. The molecule has 3 heterocycles. The SMILES string of the molecule is O=C(C1CNC1)N1CCN(C2CCOCC2)CC1. The maximum atomic E-state index is 12.1. The number of ether oxygens (including phenoxy) is 1. The fourth-order valence-corrected chi connectivity index (χ4v) is 3.08. The minimum Gasteiger partial charge on any atom is -0.381 e. The second-order valence-corrected chi connectivity index (χ2v) is 5.56. The third-order valence-electron chi connectivity index (χ3n) is 4.46. The lowest BCUT2D eigenvalue weighted by Gasteiger charge is -2.42. The summed E-state index contributed by atoms with van der Waals surface area (Å²) in [6.07, 6.45) is 2.31. The summed E-state index contributed by atoms with van der Waals surface area (Å²) in [5, 5.41) is 3.17. The first-order chi connectivity index (χ1) is 8.84. The van der Waals surface area contributed by atoms with Gasteiger partial charge < -0.3 is 15.0 Å². The van der Waals surface area contributed by atoms with Gasteiger partial charge in [-0.25, -0.2) is 0 Å². The minimum atomic E-state index is 0.250. The Labute approximate surface area is 108 Å². The van der Waals surface area contributed by atoms with Crippen LogP contribution in [0, 0.1) is 5.92 Å². The molecule has 1 amide bonds. The maximum Gasteiger partial charge on any atom is 0.228 e. The summed E-state index contributed by atoms with van der Waals surface area (Å²) in [5.41, 5.74) is 0. The molecule has 0 bridgehead atoms. The van der Waals surface area contributed by atoms with Gasteiger partial charge in [0.05, 0.1) is 5.92 Å². The van der Waals surface area contributed by atoms with Crippen LogP contribution in [-0.4, -0.2) is 74.2 Å². The molecule has 102 valence electrons. The second-order valence-electron chi connectivity index (χ2n) is 5.56. The number of piperazine rings is 1. The van der Waals surface area contributed by atoms with E-state index in [4.69, 9.17) is 4.74 Å². The van der Waals surface area contributed by atoms with Crippen LogP contribution in [0.2, 0.25) is 0 Å². The van der Waals surface area contributed by atoms with E-state index in [2.05, 4.69) is 15.1 Å². The van der Waals surface area contributed by atoms with Crippen molar-refractivity contribution in [2.24, 2.45) is 5.92 Å². The van der Waals surface area contributed by atoms with Crippen LogP contribution in [0.1, 0.15) is 12.8 Å². The highest BCUT2D eigenvalue weighted by Gasteiger charge is 2.32. The molecule has 0 spiro atoms. The van der Waals surface area contributed by atoms with Crippen LogP contribution in [0.5, 0.6) is 0 Å². The largest absolute Gasteiger partial charge is 0.381 e. The van der Waals surface area contributed by atoms with Crippen molar-refractivity contribution in [3.05, 3.63) is 0 Å². The number of amides is 1. The first kappa shape index (κ1) is 12.4. The summed E-state index contributed by atoms with van der Waals surface area (Å²) < 4.78 is 5.41. The van der Waals surface area contributed by atoms with Crippen molar-refractivity contribution in [2.45, 2.75) is 18.9 Å². The molecule has 1 N–H and O–H groups in total. The zero-order valence-corrected chi connectivity index (χ0v) is 10.9. The summed E-state index contributed by atoms with van der Waals surface area (Å²) in [6, 6.07) is 0.682. The van der Waals surface area contributed by atoms with Crippen molar-refractivity contribution < 1.29 is 9.53 Å². The Bertz CT molecular complexity index is 293. The zero-order chi connectivity index (χ0) is 12.4. The number of hydrogen-bond donors (Lipinski definition) is 1. The summed E-state index contributed by atoms with van der Waals surface area (Å²) in [6.45, 7) is 7.44. The first-order valence-corrected chi connectivity index (χ1v) is 7.16. The first-order valence-electron chi connectivity index (χ1n) is 7.16. The lowest BCUT2D eigenvalue weighted by atomic mass is 10.0. The maximum absolute atomic E-state index is 12.1. The van der Waals surface area contributed by atoms with E-state index in [0.29, 0.717) is 11.9 Å². The van der Waals surface area contributed by atoms with Gasteiger partial charge in [0.15, 0.2) is 0 Å². The second kappa shape index (κ2) is 5.55. The molecule has 3 aliphatic heterocycles. The van der Waals surface area contributed by atoms with Crippen molar-refractivity contribution in [3.8, 4) is 0 Å². The van der Waals surface area contributed by atoms with E-state index in [-0.39, 0.29) is 5.92 Å². The van der Waals surface area contributed by atoms with Crippen LogP contribution in [0.15, 0.2) is 0 Å². The third kappa shape index (κ3) is 2.53. The average molecular weight is 253 g/mol. The summed E-state index contributed by atoms with van der Waals surface area (Å²) in [7, 11) is 0. The van der Waals surface area contributed by atoms with Gasteiger partial charge in [0.2, 0.25) is 5.91 Å². The molecule has 3 rings (SSSR count). The van der Waals surface area contributed by atoms with Crippen molar-refractivity contribution in [1.29, 1.82) is 0 Å². The molecular formula is C13H23N3O2. The smallest absolute Gasteiger partial charge is 0.228 e. The molecule has 18 heavy (non-hydrogen) atoms. The van der Waals surface area contributed by atoms with Crippen LogP contribution in [0.4, 0.5) is 0 Å². The van der Waals surface area contributed by atoms with Crippen LogP contribution in [-0.2, 0) is 9.53 Å². The van der Waals surface area contributed by atoms with E-state index in [0.717, 1.165) is 65.3 Å². The Morgan fingerprint density at radius 1 is 1.06 bits per heavy atom. The summed E-state index contributed by atoms with van der Waals surface area (Å²) >= 11 is 0. The molecule has 0 aliphatic carbocycles. The Balaban J connectivity index is 1.46. The Kier molecular flexibility index (Phi) is 3.82. The lowest BCUT2D eigenvalue weighted by molar-refractivity contribution is -0.139. The van der Waals surface area contributed by atoms with Gasteiger partial charge in [-0.1, -0.05) is 0 Å². The van der Waals surface area contributed by atoms with Gasteiger partial charge in [0.25, 0.3) is 0 Å². The Hall–Kier alpha value is -0.650. The molecule has 0 aromatic carbocycles. The fourth-order valence-electron chi connectivity index (χ4n) is 3.08. The number of rotatable bonds is 2. The quantitative estimate of drug-likeness (QED) is 0.722. The predicted molar refractivity (Wildman–Crippen MR) is 68.4 cm³/mol. The molecule has 0 aromatic rings. The van der Waals surface area contributed by atoms with E-state index in [1.807, 2.05) is 0 Å². The normalized spacial score (nSPS) is 28.1. The highest BCUT2D eigenvalue weighted by atomic mass is 16.5. The van der Waals surface area contributed by atoms with Crippen molar-refractivity contribution in [2.75, 3.05) is 52.5 Å². The van der Waals surface area contributed by atoms with Gasteiger partial charge in [-0.2, -0.15) is 0 Å². The van der Waals surface area contributed by atoms with Gasteiger partial charge in [-0.15, -0.1) is 0 Å². The Morgan fingerprint density at radius 3 is 2.28 bits per heavy atom. The molecule has 0 radical (unpaired) electrons. The molecule has 5 heteroatoms. The zero-order valence-electron chi connectivity index (χ0n) is 10.9. The summed E-state index contributed by atoms with van der Waals surface area (Å²) in [5.74, 6) is 0.611. The van der Waals surface area contributed by atoms with Crippen molar-refractivity contribution in [3.63, 3.8) is 0 Å². The molecule has 0 aromatic heterocycles. The van der Waals surface area contributed by atoms with Gasteiger partial charge in [-0.05, 0) is 12.8 Å². The van der Waals surface area contributed by atoms with Gasteiger partial charge in [-0.3, -0.25) is 9.69 Å². The Morgan fingerprint density at radius 2 is 1.72 bits per heavy atom. The highest BCUT2D eigenvalue weighted by molar-refractivity contribution is 5.80. The lowest BCUT2D eigenvalue weighted by Crippen LogP contribution is -2.58. The van der Waals surface area contributed by atoms with Gasteiger partial charge in [0.1, 0.15) is 0 Å². The number of nitrogens with one attached hydrogen (secondary N) is 1. The van der Waals surface area contributed by atoms with E-state index in [1.165, 1.54) is 0 Å². The molecule has 3 aliphatic rings. The monoisotopic (exact) mass is 253 g/mol. The van der Waals surface area contributed by atoms with Crippen molar-refractivity contribution >= 4 is 5.91 Å². The number of hydrogen-bond acceptors (Lipinski definition) is 4. The molecular weight excluding hydrogens is 230 g/mol. The van der Waals surface area contributed by atoms with Crippen LogP contribution in [0.3, 0.4) is 0 Å². The van der Waals surface area contributed by atoms with Crippen molar-refractivity contribution in [1.82, 2.24) is 15.1 Å². The molecule has 0 unspecified atom stereocenters. The minimum absolute atomic E-state index is 0.250. The molecule has 3 fully saturated rings. The topological polar surface area (TPSA) is 44.8 Å². The summed E-state index contributed by atoms with van der Waals surface area (Å²) in [4.78, 5) is 16.7. The number of nitrogens with zero attached hydrogens (tertiary/aromatic N) is 2. The highest BCUT2D eigenvalue weighted by Crippen LogP contribution is 2.18. The molecule has 5 nitrogen and oxygen atoms in total. The average Bonchev–Trinajstić information content (AvgIpc) is 2.38. The van der Waals surface area contributed by atoms with E-state index < -0.39 is 0 Å². The van der Waals surface area contributed by atoms with Gasteiger partial charge in [0, 0.05) is 58.5 Å². The van der Waals surface area contributed by atoms with E-state index in [9.17, 15) is 4.79 Å². The van der Waals surface area contributed by atoms with Crippen LogP contribution in [0.25, 0.3) is 0 Å². The molecule has 3 saturated heterocycles. The molecule has 0 saturated carbocycles. The third-order valence-corrected chi connectivity index (χ3v) is 4.46. The van der Waals surface area contributed by atoms with Crippen LogP contribution < -0.4 is 5.32 Å². The van der Waals surface area contributed by atoms with Crippen LogP contribution >= 0.6 is 0 Å². The van der Waals surface area contributed by atoms with Gasteiger partial charge >= 0.3 is 0 Å². The molecule has 0 atom stereocenters. The number of carbonyl (C=O) groups excluding carboxylic acids is 1.